The Hall–Kier alpha value is -1.57. The van der Waals surface area contributed by atoms with Gasteiger partial charge in [0.25, 0.3) is 0 Å². The second-order valence-corrected chi connectivity index (χ2v) is 2.99. The molecule has 0 amide bonds. The first-order chi connectivity index (χ1) is 6.29. The molecule has 0 aliphatic heterocycles. The van der Waals surface area contributed by atoms with Crippen molar-refractivity contribution >= 4 is 0 Å². The lowest BCUT2D eigenvalue weighted by molar-refractivity contribution is 0.393. The van der Waals surface area contributed by atoms with Gasteiger partial charge in [-0.15, -0.1) is 0 Å². The molecule has 1 aromatic carbocycles. The highest BCUT2D eigenvalue weighted by atomic mass is 16.5. The number of benzene rings is 1. The zero-order valence-corrected chi connectivity index (χ0v) is 7.66. The van der Waals surface area contributed by atoms with Gasteiger partial charge in [-0.1, -0.05) is 29.4 Å². The van der Waals surface area contributed by atoms with Gasteiger partial charge >= 0.3 is 0 Å². The molecule has 0 atom stereocenters. The SMILES string of the molecule is Cc1noc(C)c1-c1cc[c]cc1. The molecule has 0 spiro atoms. The summed E-state index contributed by atoms with van der Waals surface area (Å²) in [5.41, 5.74) is 3.16. The van der Waals surface area contributed by atoms with E-state index in [2.05, 4.69) is 11.2 Å². The molecule has 0 unspecified atom stereocenters. The van der Waals surface area contributed by atoms with Crippen molar-refractivity contribution in [2.75, 3.05) is 0 Å². The van der Waals surface area contributed by atoms with Crippen LogP contribution in [0.3, 0.4) is 0 Å². The number of nitrogens with zero attached hydrogens (tertiary/aromatic N) is 1. The fourth-order valence-electron chi connectivity index (χ4n) is 1.45. The van der Waals surface area contributed by atoms with Crippen molar-refractivity contribution < 1.29 is 4.52 Å². The van der Waals surface area contributed by atoms with Crippen LogP contribution in [0.5, 0.6) is 0 Å². The number of aryl methyl sites for hydroxylation is 2. The summed E-state index contributed by atoms with van der Waals surface area (Å²) < 4.78 is 5.09. The molecule has 0 bridgehead atoms. The average Bonchev–Trinajstić information content (AvgIpc) is 2.48. The number of rotatable bonds is 1. The molecule has 65 valence electrons. The van der Waals surface area contributed by atoms with Gasteiger partial charge in [-0.25, -0.2) is 0 Å². The zero-order chi connectivity index (χ0) is 9.26. The van der Waals surface area contributed by atoms with E-state index in [9.17, 15) is 0 Å². The predicted octanol–water partition coefficient (Wildman–Crippen LogP) is 2.76. The van der Waals surface area contributed by atoms with E-state index < -0.39 is 0 Å². The first-order valence-corrected chi connectivity index (χ1v) is 4.18. The highest BCUT2D eigenvalue weighted by molar-refractivity contribution is 5.67. The standard InChI is InChI=1S/C11H10NO/c1-8-11(9(2)13-12-8)10-6-4-3-5-7-10/h4-7H,1-2H3. The van der Waals surface area contributed by atoms with Crippen molar-refractivity contribution in [1.29, 1.82) is 0 Å². The smallest absolute Gasteiger partial charge is 0.141 e. The van der Waals surface area contributed by atoms with Gasteiger partial charge in [0.2, 0.25) is 0 Å². The molecule has 1 aromatic heterocycles. The maximum absolute atomic E-state index is 5.09. The van der Waals surface area contributed by atoms with Gasteiger partial charge in [-0.3, -0.25) is 0 Å². The van der Waals surface area contributed by atoms with Crippen molar-refractivity contribution in [1.82, 2.24) is 5.16 Å². The lowest BCUT2D eigenvalue weighted by Crippen LogP contribution is -1.80. The summed E-state index contributed by atoms with van der Waals surface area (Å²) in [6, 6.07) is 10.8. The minimum absolute atomic E-state index is 0.865. The maximum Gasteiger partial charge on any atom is 0.141 e. The van der Waals surface area contributed by atoms with E-state index in [4.69, 9.17) is 4.52 Å². The molecule has 1 radical (unpaired) electrons. The third-order valence-electron chi connectivity index (χ3n) is 2.04. The summed E-state index contributed by atoms with van der Waals surface area (Å²) in [7, 11) is 0. The van der Waals surface area contributed by atoms with E-state index in [1.54, 1.807) is 0 Å². The molecule has 0 saturated carbocycles. The Morgan fingerprint density at radius 3 is 2.46 bits per heavy atom. The van der Waals surface area contributed by atoms with Gasteiger partial charge in [-0.05, 0) is 25.5 Å². The average molecular weight is 172 g/mol. The molecular formula is C11H10NO. The van der Waals surface area contributed by atoms with Crippen LogP contribution < -0.4 is 0 Å². The van der Waals surface area contributed by atoms with Gasteiger partial charge in [0, 0.05) is 5.56 Å². The van der Waals surface area contributed by atoms with Crippen LogP contribution in [0.15, 0.2) is 28.8 Å². The highest BCUT2D eigenvalue weighted by Gasteiger charge is 2.09. The van der Waals surface area contributed by atoms with Crippen molar-refractivity contribution in [2.45, 2.75) is 13.8 Å². The first kappa shape index (κ1) is 8.05. The molecule has 2 aromatic rings. The summed E-state index contributed by atoms with van der Waals surface area (Å²) in [5.74, 6) is 0.865. The minimum atomic E-state index is 0.865. The molecule has 0 aliphatic carbocycles. The van der Waals surface area contributed by atoms with E-state index in [0.717, 1.165) is 22.6 Å². The first-order valence-electron chi connectivity index (χ1n) is 4.18. The van der Waals surface area contributed by atoms with Gasteiger partial charge in [0.15, 0.2) is 0 Å². The lowest BCUT2D eigenvalue weighted by Gasteiger charge is -1.97. The molecule has 0 fully saturated rings. The third kappa shape index (κ3) is 1.35. The summed E-state index contributed by atoms with van der Waals surface area (Å²) in [5, 5.41) is 3.91. The third-order valence-corrected chi connectivity index (χ3v) is 2.04. The van der Waals surface area contributed by atoms with E-state index in [-0.39, 0.29) is 0 Å². The largest absolute Gasteiger partial charge is 0.361 e. The van der Waals surface area contributed by atoms with Gasteiger partial charge in [-0.2, -0.15) is 0 Å². The van der Waals surface area contributed by atoms with Gasteiger partial charge in [0.1, 0.15) is 5.76 Å². The Kier molecular flexibility index (Phi) is 1.89. The fourth-order valence-corrected chi connectivity index (χ4v) is 1.45. The van der Waals surface area contributed by atoms with Crippen LogP contribution in [-0.4, -0.2) is 5.16 Å². The lowest BCUT2D eigenvalue weighted by atomic mass is 10.0. The molecule has 0 saturated heterocycles. The summed E-state index contributed by atoms with van der Waals surface area (Å²) in [4.78, 5) is 0. The molecule has 2 rings (SSSR count). The van der Waals surface area contributed by atoms with Gasteiger partial charge in [0.05, 0.1) is 5.69 Å². The van der Waals surface area contributed by atoms with Crippen LogP contribution >= 0.6 is 0 Å². The Balaban J connectivity index is 2.59. The Labute approximate surface area is 77.2 Å². The van der Waals surface area contributed by atoms with Crippen LogP contribution in [0.25, 0.3) is 11.1 Å². The summed E-state index contributed by atoms with van der Waals surface area (Å²) >= 11 is 0. The Morgan fingerprint density at radius 2 is 1.92 bits per heavy atom. The molecule has 2 heteroatoms. The Morgan fingerprint density at radius 1 is 1.23 bits per heavy atom. The number of hydrogen-bond acceptors (Lipinski definition) is 2. The van der Waals surface area contributed by atoms with Crippen molar-refractivity contribution in [3.8, 4) is 11.1 Å². The molecule has 0 N–H and O–H groups in total. The monoisotopic (exact) mass is 172 g/mol. The van der Waals surface area contributed by atoms with Crippen LogP contribution in [-0.2, 0) is 0 Å². The van der Waals surface area contributed by atoms with E-state index in [1.165, 1.54) is 0 Å². The molecule has 13 heavy (non-hydrogen) atoms. The topological polar surface area (TPSA) is 26.0 Å². The summed E-state index contributed by atoms with van der Waals surface area (Å²) in [6.07, 6.45) is 0. The molecule has 0 aliphatic rings. The van der Waals surface area contributed by atoms with Gasteiger partial charge < -0.3 is 4.52 Å². The molecular weight excluding hydrogens is 162 g/mol. The second-order valence-electron chi connectivity index (χ2n) is 2.99. The predicted molar refractivity (Wildman–Crippen MR) is 50.2 cm³/mol. The number of aromatic nitrogens is 1. The van der Waals surface area contributed by atoms with Crippen LogP contribution in [0.2, 0.25) is 0 Å². The summed E-state index contributed by atoms with van der Waals surface area (Å²) in [6.45, 7) is 3.87. The number of hydrogen-bond donors (Lipinski definition) is 0. The fraction of sp³-hybridized carbons (Fsp3) is 0.182. The van der Waals surface area contributed by atoms with Crippen molar-refractivity contribution in [3.05, 3.63) is 41.8 Å². The Bertz CT molecular complexity index is 384. The normalized spacial score (nSPS) is 10.3. The zero-order valence-electron chi connectivity index (χ0n) is 7.66. The van der Waals surface area contributed by atoms with E-state index in [0.29, 0.717) is 0 Å². The van der Waals surface area contributed by atoms with E-state index in [1.807, 2.05) is 38.1 Å². The van der Waals surface area contributed by atoms with Crippen LogP contribution in [0.4, 0.5) is 0 Å². The highest BCUT2D eigenvalue weighted by Crippen LogP contribution is 2.25. The van der Waals surface area contributed by atoms with Crippen LogP contribution in [0.1, 0.15) is 11.5 Å². The maximum atomic E-state index is 5.09. The minimum Gasteiger partial charge on any atom is -0.361 e. The molecule has 1 heterocycles. The van der Waals surface area contributed by atoms with E-state index >= 15 is 0 Å². The quantitative estimate of drug-likeness (QED) is 0.661. The second kappa shape index (κ2) is 3.05. The van der Waals surface area contributed by atoms with Crippen molar-refractivity contribution in [3.63, 3.8) is 0 Å². The molecule has 2 nitrogen and oxygen atoms in total. The van der Waals surface area contributed by atoms with Crippen LogP contribution in [0, 0.1) is 19.9 Å². The van der Waals surface area contributed by atoms with Crippen molar-refractivity contribution in [2.24, 2.45) is 0 Å².